The lowest BCUT2D eigenvalue weighted by atomic mass is 10.2. The number of carbonyl (C=O) groups is 1. The van der Waals surface area contributed by atoms with Crippen LogP contribution in [0.25, 0.3) is 0 Å². The lowest BCUT2D eigenvalue weighted by Crippen LogP contribution is -2.07. The molecule has 0 heterocycles. The van der Waals surface area contributed by atoms with Crippen molar-refractivity contribution in [2.75, 3.05) is 0 Å². The fourth-order valence-electron chi connectivity index (χ4n) is 1.85. The van der Waals surface area contributed by atoms with Crippen LogP contribution in [0.15, 0.2) is 95.2 Å². The fraction of sp³-hybridized carbons (Fsp3) is 0. The second kappa shape index (κ2) is 9.59. The average molecular weight is 335 g/mol. The Bertz CT molecular complexity index is 780. The van der Waals surface area contributed by atoms with E-state index in [1.807, 2.05) is 60.7 Å². The highest BCUT2D eigenvalue weighted by atomic mass is 16.6. The van der Waals surface area contributed by atoms with E-state index in [1.165, 1.54) is 12.1 Å². The number of rotatable bonds is 4. The number of hydrogen-bond donors (Lipinski definition) is 2. The Morgan fingerprint density at radius 1 is 0.760 bits per heavy atom. The van der Waals surface area contributed by atoms with Gasteiger partial charge in [-0.1, -0.05) is 48.5 Å². The molecule has 3 aromatic carbocycles. The zero-order valence-electron chi connectivity index (χ0n) is 13.3. The van der Waals surface area contributed by atoms with E-state index in [2.05, 4.69) is 15.1 Å². The molecule has 0 saturated heterocycles. The maximum Gasteiger partial charge on any atom is 0.339 e. The second-order valence-corrected chi connectivity index (χ2v) is 4.79. The lowest BCUT2D eigenvalue weighted by molar-refractivity contribution is 0.0692. The van der Waals surface area contributed by atoms with Crippen molar-refractivity contribution in [1.29, 1.82) is 0 Å². The van der Waals surface area contributed by atoms with Crippen LogP contribution in [0.5, 0.6) is 5.75 Å². The third-order valence-electron chi connectivity index (χ3n) is 3.04. The minimum atomic E-state index is -1.05. The van der Waals surface area contributed by atoms with Gasteiger partial charge in [0.05, 0.1) is 11.4 Å². The summed E-state index contributed by atoms with van der Waals surface area (Å²) in [5.41, 5.74) is 1.81. The zero-order chi connectivity index (χ0) is 17.9. The van der Waals surface area contributed by atoms with E-state index in [4.69, 9.17) is 11.0 Å². The van der Waals surface area contributed by atoms with E-state index in [9.17, 15) is 4.79 Å². The van der Waals surface area contributed by atoms with E-state index in [1.54, 1.807) is 12.1 Å². The molecule has 3 N–H and O–H groups in total. The van der Waals surface area contributed by atoms with E-state index in [-0.39, 0.29) is 11.3 Å². The molecule has 0 saturated carbocycles. The van der Waals surface area contributed by atoms with Crippen molar-refractivity contribution in [1.82, 2.24) is 0 Å². The molecule has 0 atom stereocenters. The summed E-state index contributed by atoms with van der Waals surface area (Å²) in [7, 11) is 0. The molecule has 0 unspecified atom stereocenters. The molecule has 0 radical (unpaired) electrons. The van der Waals surface area contributed by atoms with E-state index in [0.29, 0.717) is 0 Å². The number of carboxylic acid groups (broad SMARTS) is 1. The Morgan fingerprint density at radius 3 is 1.60 bits per heavy atom. The molecule has 0 aliphatic rings. The highest BCUT2D eigenvalue weighted by Gasteiger charge is 2.08. The van der Waals surface area contributed by atoms with Gasteiger partial charge in [0.25, 0.3) is 0 Å². The molecular formula is C19H17N3O3. The van der Waals surface area contributed by atoms with Crippen LogP contribution in [0.3, 0.4) is 0 Å². The summed E-state index contributed by atoms with van der Waals surface area (Å²) < 4.78 is 0. The van der Waals surface area contributed by atoms with Crippen LogP contribution in [-0.4, -0.2) is 11.1 Å². The summed E-state index contributed by atoms with van der Waals surface area (Å²) in [6.45, 7) is 0. The summed E-state index contributed by atoms with van der Waals surface area (Å²) in [4.78, 5) is 14.8. The smallest absolute Gasteiger partial charge is 0.339 e. The third kappa shape index (κ3) is 5.89. The Kier molecular flexibility index (Phi) is 6.84. The normalized spacial score (nSPS) is 9.96. The van der Waals surface area contributed by atoms with Crippen LogP contribution >= 0.6 is 0 Å². The molecule has 0 amide bonds. The van der Waals surface area contributed by atoms with Crippen LogP contribution in [0.4, 0.5) is 11.4 Å². The van der Waals surface area contributed by atoms with Crippen molar-refractivity contribution < 1.29 is 14.7 Å². The first kappa shape index (κ1) is 17.8. The number of aromatic carboxylic acids is 1. The summed E-state index contributed by atoms with van der Waals surface area (Å²) >= 11 is 0. The molecule has 0 spiro atoms. The number of nitrogens with zero attached hydrogens (tertiary/aromatic N) is 2. The Hall–Kier alpha value is -3.51. The first-order valence-electron chi connectivity index (χ1n) is 7.41. The first-order valence-corrected chi connectivity index (χ1v) is 7.41. The SMILES string of the molecule is NOc1ccccc1C(=O)O.c1ccc(N=Nc2ccccc2)cc1. The zero-order valence-corrected chi connectivity index (χ0v) is 13.3. The predicted molar refractivity (Wildman–Crippen MR) is 95.3 cm³/mol. The highest BCUT2D eigenvalue weighted by molar-refractivity contribution is 5.90. The first-order chi connectivity index (χ1) is 12.2. The minimum absolute atomic E-state index is 0.0648. The molecule has 3 aromatic rings. The van der Waals surface area contributed by atoms with Crippen molar-refractivity contribution in [3.8, 4) is 5.75 Å². The number of carboxylic acids is 1. The van der Waals surface area contributed by atoms with E-state index in [0.717, 1.165) is 11.4 Å². The lowest BCUT2D eigenvalue weighted by Gasteiger charge is -2.00. The maximum absolute atomic E-state index is 10.4. The molecule has 0 aromatic heterocycles. The molecule has 6 nitrogen and oxygen atoms in total. The van der Waals surface area contributed by atoms with Crippen molar-refractivity contribution in [2.45, 2.75) is 0 Å². The van der Waals surface area contributed by atoms with Crippen molar-refractivity contribution >= 4 is 17.3 Å². The fourth-order valence-corrected chi connectivity index (χ4v) is 1.85. The standard InChI is InChI=1S/C12H10N2.C7H7NO3/c1-3-7-11(8-4-1)13-14-12-9-5-2-6-10-12;8-11-6-4-2-1-3-5(6)7(9)10/h1-10H;1-4H,8H2,(H,9,10). The van der Waals surface area contributed by atoms with Gasteiger partial charge in [-0.3, -0.25) is 0 Å². The van der Waals surface area contributed by atoms with Crippen LogP contribution in [0.2, 0.25) is 0 Å². The van der Waals surface area contributed by atoms with Gasteiger partial charge in [-0.25, -0.2) is 4.79 Å². The van der Waals surface area contributed by atoms with E-state index >= 15 is 0 Å². The average Bonchev–Trinajstić information content (AvgIpc) is 2.68. The largest absolute Gasteiger partial charge is 0.478 e. The predicted octanol–water partition coefficient (Wildman–Crippen LogP) is 4.74. The maximum atomic E-state index is 10.4. The Labute approximate surface area is 145 Å². The number of para-hydroxylation sites is 1. The number of hydrogen-bond acceptors (Lipinski definition) is 5. The summed E-state index contributed by atoms with van der Waals surface area (Å²) in [5, 5.41) is 16.8. The van der Waals surface area contributed by atoms with Gasteiger partial charge in [-0.2, -0.15) is 16.1 Å². The van der Waals surface area contributed by atoms with Crippen LogP contribution in [0.1, 0.15) is 10.4 Å². The van der Waals surface area contributed by atoms with Gasteiger partial charge in [-0.15, -0.1) is 0 Å². The van der Waals surface area contributed by atoms with Gasteiger partial charge in [0.2, 0.25) is 0 Å². The molecule has 0 fully saturated rings. The quantitative estimate of drug-likeness (QED) is 0.531. The van der Waals surface area contributed by atoms with Crippen molar-refractivity contribution in [2.24, 2.45) is 16.1 Å². The number of benzene rings is 3. The minimum Gasteiger partial charge on any atom is -0.478 e. The summed E-state index contributed by atoms with van der Waals surface area (Å²) in [6.07, 6.45) is 0. The monoisotopic (exact) mass is 335 g/mol. The van der Waals surface area contributed by atoms with Crippen LogP contribution in [0, 0.1) is 0 Å². The van der Waals surface area contributed by atoms with Crippen LogP contribution < -0.4 is 10.7 Å². The van der Waals surface area contributed by atoms with Gasteiger partial charge in [0.15, 0.2) is 5.75 Å². The Balaban J connectivity index is 0.000000186. The van der Waals surface area contributed by atoms with E-state index < -0.39 is 5.97 Å². The van der Waals surface area contributed by atoms with Gasteiger partial charge >= 0.3 is 5.97 Å². The third-order valence-corrected chi connectivity index (χ3v) is 3.04. The van der Waals surface area contributed by atoms with Crippen molar-refractivity contribution in [3.63, 3.8) is 0 Å². The van der Waals surface area contributed by atoms with Gasteiger partial charge in [0, 0.05) is 0 Å². The van der Waals surface area contributed by atoms with Crippen molar-refractivity contribution in [3.05, 3.63) is 90.5 Å². The van der Waals surface area contributed by atoms with Gasteiger partial charge in [-0.05, 0) is 36.4 Å². The number of nitrogens with two attached hydrogens (primary N) is 1. The molecule has 3 rings (SSSR count). The Morgan fingerprint density at radius 2 is 1.20 bits per heavy atom. The molecule has 126 valence electrons. The second-order valence-electron chi connectivity index (χ2n) is 4.79. The summed E-state index contributed by atoms with van der Waals surface area (Å²) in [6, 6.07) is 25.5. The molecule has 25 heavy (non-hydrogen) atoms. The molecule has 0 aliphatic heterocycles. The topological polar surface area (TPSA) is 97.3 Å². The summed E-state index contributed by atoms with van der Waals surface area (Å²) in [5.74, 6) is 3.94. The van der Waals surface area contributed by atoms with Gasteiger partial charge < -0.3 is 9.94 Å². The van der Waals surface area contributed by atoms with Gasteiger partial charge in [0.1, 0.15) is 5.56 Å². The highest BCUT2D eigenvalue weighted by Crippen LogP contribution is 2.17. The van der Waals surface area contributed by atoms with Crippen LogP contribution in [-0.2, 0) is 0 Å². The molecule has 0 aliphatic carbocycles. The molecular weight excluding hydrogens is 318 g/mol. The molecule has 6 heteroatoms. The molecule has 0 bridgehead atoms. The number of azo groups is 1.